The lowest BCUT2D eigenvalue weighted by molar-refractivity contribution is -0.136. The fourth-order valence-electron chi connectivity index (χ4n) is 5.20. The fourth-order valence-corrected chi connectivity index (χ4v) is 5.20. The predicted octanol–water partition coefficient (Wildman–Crippen LogP) is 4.26. The molecule has 1 aliphatic carbocycles. The number of hydrogen-bond acceptors (Lipinski definition) is 5. The Morgan fingerprint density at radius 2 is 1.95 bits per heavy atom. The molecule has 0 radical (unpaired) electrons. The van der Waals surface area contributed by atoms with E-state index in [4.69, 9.17) is 4.84 Å². The van der Waals surface area contributed by atoms with E-state index in [1.165, 1.54) is 19.4 Å². The van der Waals surface area contributed by atoms with E-state index < -0.39 is 11.6 Å². The molecule has 198 valence electrons. The molecule has 10 heteroatoms. The van der Waals surface area contributed by atoms with Gasteiger partial charge in [0.15, 0.2) is 0 Å². The van der Waals surface area contributed by atoms with Gasteiger partial charge in [0, 0.05) is 36.0 Å². The molecule has 1 aliphatic heterocycles. The van der Waals surface area contributed by atoms with Crippen LogP contribution < -0.4 is 10.8 Å². The summed E-state index contributed by atoms with van der Waals surface area (Å²) in [7, 11) is 1.41. The fraction of sp³-hybridized carbons (Fsp3) is 0.444. The number of nitrogens with one attached hydrogen (secondary N) is 2. The molecule has 2 heterocycles. The first kappa shape index (κ1) is 26.5. The van der Waals surface area contributed by atoms with Crippen LogP contribution in [0.1, 0.15) is 66.2 Å². The van der Waals surface area contributed by atoms with Crippen LogP contribution >= 0.6 is 0 Å². The molecule has 2 fully saturated rings. The molecule has 1 saturated heterocycles. The topological polar surface area (TPSA) is 88.5 Å². The zero-order valence-electron chi connectivity index (χ0n) is 21.2. The van der Waals surface area contributed by atoms with Crippen LogP contribution in [0.3, 0.4) is 0 Å². The Balaban J connectivity index is 1.36. The van der Waals surface area contributed by atoms with Crippen LogP contribution in [0.4, 0.5) is 8.78 Å². The van der Waals surface area contributed by atoms with Crippen molar-refractivity contribution in [3.8, 4) is 0 Å². The Labute approximate surface area is 215 Å². The summed E-state index contributed by atoms with van der Waals surface area (Å²) in [6, 6.07) is 3.23. The van der Waals surface area contributed by atoms with E-state index in [0.29, 0.717) is 61.2 Å². The van der Waals surface area contributed by atoms with Crippen molar-refractivity contribution in [3.05, 3.63) is 71.2 Å². The van der Waals surface area contributed by atoms with Crippen LogP contribution in [0.25, 0.3) is 6.20 Å². The van der Waals surface area contributed by atoms with Gasteiger partial charge in [-0.15, -0.1) is 0 Å². The highest BCUT2D eigenvalue weighted by Crippen LogP contribution is 2.36. The van der Waals surface area contributed by atoms with E-state index in [-0.39, 0.29) is 29.8 Å². The van der Waals surface area contributed by atoms with Crippen LogP contribution in [0.5, 0.6) is 0 Å². The molecule has 2 aromatic rings. The third kappa shape index (κ3) is 6.07. The minimum absolute atomic E-state index is 0.00696. The summed E-state index contributed by atoms with van der Waals surface area (Å²) < 4.78 is 29.7. The van der Waals surface area contributed by atoms with Crippen molar-refractivity contribution in [2.75, 3.05) is 13.7 Å². The maximum atomic E-state index is 14.4. The van der Waals surface area contributed by atoms with Crippen molar-refractivity contribution in [2.24, 2.45) is 5.92 Å². The molecule has 4 rings (SSSR count). The Morgan fingerprint density at radius 1 is 1.19 bits per heavy atom. The standard InChI is InChI=1S/C27H33F2N5O3/c1-17(33-13-4-5-25(33)22-15-20(28)8-11-24(22)29)12-14-34-18(2)23(16-30-34)27(36)31-21-9-6-19(7-10-21)26(35)32-37-3/h8,11-12,14-16,19,21,25H,1,4-7,9-10,13H2,2-3H3,(H,31,36)(H,32,35). The number of likely N-dealkylation sites (tertiary alicyclic amines) is 1. The second kappa shape index (κ2) is 11.7. The van der Waals surface area contributed by atoms with Gasteiger partial charge < -0.3 is 10.2 Å². The molecule has 2 aliphatic rings. The van der Waals surface area contributed by atoms with Gasteiger partial charge in [0.25, 0.3) is 5.91 Å². The second-order valence-electron chi connectivity index (χ2n) is 9.61. The molecular formula is C27H33F2N5O3. The van der Waals surface area contributed by atoms with Gasteiger partial charge >= 0.3 is 0 Å². The number of amides is 2. The molecule has 1 saturated carbocycles. The number of benzene rings is 1. The van der Waals surface area contributed by atoms with Crippen LogP contribution in [0.2, 0.25) is 0 Å². The van der Waals surface area contributed by atoms with Crippen molar-refractivity contribution in [2.45, 2.75) is 57.5 Å². The number of aromatic nitrogens is 2. The van der Waals surface area contributed by atoms with Gasteiger partial charge in [-0.05, 0) is 69.7 Å². The number of allylic oxidation sites excluding steroid dienone is 1. The van der Waals surface area contributed by atoms with Gasteiger partial charge in [-0.25, -0.2) is 18.9 Å². The van der Waals surface area contributed by atoms with Gasteiger partial charge in [0.1, 0.15) is 11.6 Å². The quantitative estimate of drug-likeness (QED) is 0.407. The van der Waals surface area contributed by atoms with Crippen molar-refractivity contribution in [1.29, 1.82) is 0 Å². The highest BCUT2D eigenvalue weighted by Gasteiger charge is 2.29. The van der Waals surface area contributed by atoms with Crippen molar-refractivity contribution in [3.63, 3.8) is 0 Å². The van der Waals surface area contributed by atoms with E-state index in [1.807, 2.05) is 11.8 Å². The maximum Gasteiger partial charge on any atom is 0.254 e. The number of halogens is 2. The number of hydroxylamine groups is 1. The SMILES string of the molecule is C=C(C=Cn1ncc(C(=O)NC2CCC(C(=O)NOC)CC2)c1C)N1CCCC1c1cc(F)ccc1F. The zero-order valence-corrected chi connectivity index (χ0v) is 21.2. The molecule has 2 N–H and O–H groups in total. The van der Waals surface area contributed by atoms with Gasteiger partial charge in [-0.2, -0.15) is 5.10 Å². The number of carbonyl (C=O) groups is 2. The Morgan fingerprint density at radius 3 is 2.68 bits per heavy atom. The highest BCUT2D eigenvalue weighted by molar-refractivity contribution is 5.95. The lowest BCUT2D eigenvalue weighted by Gasteiger charge is -2.28. The molecule has 1 unspecified atom stereocenters. The number of carbonyl (C=O) groups excluding carboxylic acids is 2. The first-order chi connectivity index (χ1) is 17.8. The summed E-state index contributed by atoms with van der Waals surface area (Å²) in [5.74, 6) is -1.34. The summed E-state index contributed by atoms with van der Waals surface area (Å²) >= 11 is 0. The normalized spacial score (nSPS) is 21.8. The first-order valence-corrected chi connectivity index (χ1v) is 12.5. The van der Waals surface area contributed by atoms with E-state index in [2.05, 4.69) is 22.5 Å². The first-order valence-electron chi connectivity index (χ1n) is 12.5. The molecule has 37 heavy (non-hydrogen) atoms. The molecule has 1 atom stereocenters. The molecule has 1 aromatic heterocycles. The highest BCUT2D eigenvalue weighted by atomic mass is 19.1. The zero-order chi connectivity index (χ0) is 26.5. The third-order valence-electron chi connectivity index (χ3n) is 7.27. The van der Waals surface area contributed by atoms with Crippen LogP contribution in [-0.2, 0) is 9.63 Å². The summed E-state index contributed by atoms with van der Waals surface area (Å²) in [6.07, 6.45) is 9.34. The molecule has 0 spiro atoms. The van der Waals surface area contributed by atoms with E-state index in [0.717, 1.165) is 18.6 Å². The van der Waals surface area contributed by atoms with Crippen LogP contribution in [0, 0.1) is 24.5 Å². The monoisotopic (exact) mass is 513 g/mol. The van der Waals surface area contributed by atoms with Crippen molar-refractivity contribution < 1.29 is 23.2 Å². The Bertz CT molecular complexity index is 1190. The molecule has 1 aromatic carbocycles. The minimum atomic E-state index is -0.466. The average molecular weight is 514 g/mol. The summed E-state index contributed by atoms with van der Waals surface area (Å²) in [5.41, 5.74) is 4.50. The van der Waals surface area contributed by atoms with Gasteiger partial charge in [0.2, 0.25) is 5.91 Å². The lowest BCUT2D eigenvalue weighted by atomic mass is 9.85. The smallest absolute Gasteiger partial charge is 0.254 e. The summed E-state index contributed by atoms with van der Waals surface area (Å²) in [6.45, 7) is 6.62. The predicted molar refractivity (Wildman–Crippen MR) is 135 cm³/mol. The minimum Gasteiger partial charge on any atom is -0.365 e. The largest absolute Gasteiger partial charge is 0.365 e. The van der Waals surface area contributed by atoms with Crippen molar-refractivity contribution >= 4 is 18.0 Å². The summed E-state index contributed by atoms with van der Waals surface area (Å²) in [5, 5.41) is 7.37. The van der Waals surface area contributed by atoms with E-state index in [9.17, 15) is 18.4 Å². The number of rotatable bonds is 8. The maximum absolute atomic E-state index is 14.4. The third-order valence-corrected chi connectivity index (χ3v) is 7.27. The number of nitrogens with zero attached hydrogens (tertiary/aromatic N) is 3. The van der Waals surface area contributed by atoms with Gasteiger partial charge in [-0.1, -0.05) is 6.58 Å². The van der Waals surface area contributed by atoms with Gasteiger partial charge in [-0.3, -0.25) is 14.4 Å². The van der Waals surface area contributed by atoms with Crippen LogP contribution in [-0.4, -0.2) is 46.2 Å². The Hall–Kier alpha value is -3.53. The molecule has 8 nitrogen and oxygen atoms in total. The Kier molecular flexibility index (Phi) is 8.38. The molecule has 0 bridgehead atoms. The number of hydrogen-bond donors (Lipinski definition) is 2. The van der Waals surface area contributed by atoms with Crippen molar-refractivity contribution in [1.82, 2.24) is 25.5 Å². The summed E-state index contributed by atoms with van der Waals surface area (Å²) in [4.78, 5) is 31.5. The van der Waals surface area contributed by atoms with E-state index >= 15 is 0 Å². The van der Waals surface area contributed by atoms with Gasteiger partial charge in [0.05, 0.1) is 30.6 Å². The second-order valence-corrected chi connectivity index (χ2v) is 9.61. The van der Waals surface area contributed by atoms with E-state index in [1.54, 1.807) is 17.0 Å². The molecular weight excluding hydrogens is 480 g/mol. The molecule has 2 amide bonds. The average Bonchev–Trinajstić information content (AvgIpc) is 3.51. The van der Waals surface area contributed by atoms with Crippen LogP contribution in [0.15, 0.2) is 42.7 Å². The lowest BCUT2D eigenvalue weighted by Crippen LogP contribution is -2.40.